The lowest BCUT2D eigenvalue weighted by Crippen LogP contribution is -2.50. The minimum atomic E-state index is -0.331. The van der Waals surface area contributed by atoms with Crippen LogP contribution in [0.2, 0.25) is 0 Å². The summed E-state index contributed by atoms with van der Waals surface area (Å²) in [6, 6.07) is 0. The Hall–Kier alpha value is -0.300. The lowest BCUT2D eigenvalue weighted by Gasteiger charge is -2.56. The number of hydrogen-bond acceptors (Lipinski definition) is 1. The average molecular weight is 317 g/mol. The third-order valence-corrected chi connectivity index (χ3v) is 8.96. The molecule has 1 nitrogen and oxygen atoms in total. The van der Waals surface area contributed by atoms with Gasteiger partial charge in [-0.2, -0.15) is 0 Å². The number of hydrogen-bond donors (Lipinski definition) is 1. The highest BCUT2D eigenvalue weighted by Crippen LogP contribution is 2.64. The molecule has 0 aliphatic heterocycles. The van der Waals surface area contributed by atoms with Gasteiger partial charge in [-0.15, -0.1) is 0 Å². The van der Waals surface area contributed by atoms with Crippen LogP contribution in [0.15, 0.2) is 11.6 Å². The van der Waals surface area contributed by atoms with Crippen molar-refractivity contribution in [2.75, 3.05) is 0 Å². The van der Waals surface area contributed by atoms with Gasteiger partial charge in [0, 0.05) is 0 Å². The second-order valence-corrected chi connectivity index (χ2v) is 9.56. The zero-order valence-electron chi connectivity index (χ0n) is 15.5. The van der Waals surface area contributed by atoms with E-state index in [1.165, 1.54) is 44.9 Å². The molecular weight excluding hydrogens is 280 g/mol. The van der Waals surface area contributed by atoms with Crippen LogP contribution < -0.4 is 0 Å². The summed E-state index contributed by atoms with van der Waals surface area (Å²) in [6.45, 7) is 7.02. The van der Waals surface area contributed by atoms with E-state index in [9.17, 15) is 5.11 Å². The molecular formula is C22H36O. The highest BCUT2D eigenvalue weighted by Gasteiger charge is 2.55. The topological polar surface area (TPSA) is 20.2 Å². The summed E-state index contributed by atoms with van der Waals surface area (Å²) in [5.41, 5.74) is 1.97. The number of rotatable bonds is 1. The Morgan fingerprint density at radius 1 is 1.04 bits per heavy atom. The summed E-state index contributed by atoms with van der Waals surface area (Å²) in [5, 5.41) is 10.8. The van der Waals surface area contributed by atoms with Crippen LogP contribution in [0.1, 0.15) is 85.0 Å². The van der Waals surface area contributed by atoms with Gasteiger partial charge in [0.2, 0.25) is 0 Å². The molecule has 1 N–H and O–H groups in total. The summed E-state index contributed by atoms with van der Waals surface area (Å²) in [4.78, 5) is 0. The van der Waals surface area contributed by atoms with E-state index in [0.717, 1.165) is 48.9 Å². The third kappa shape index (κ3) is 2.36. The third-order valence-electron chi connectivity index (χ3n) is 8.96. The molecule has 4 rings (SSSR count). The molecule has 0 aromatic heterocycles. The van der Waals surface area contributed by atoms with Gasteiger partial charge in [-0.3, -0.25) is 0 Å². The van der Waals surface area contributed by atoms with Gasteiger partial charge in [0.05, 0.1) is 5.60 Å². The highest BCUT2D eigenvalue weighted by molar-refractivity contribution is 5.23. The fraction of sp³-hybridized carbons (Fsp3) is 0.909. The van der Waals surface area contributed by atoms with Gasteiger partial charge in [-0.05, 0) is 106 Å². The van der Waals surface area contributed by atoms with E-state index in [1.807, 2.05) is 0 Å². The van der Waals surface area contributed by atoms with Crippen molar-refractivity contribution in [1.29, 1.82) is 0 Å². The summed E-state index contributed by atoms with van der Waals surface area (Å²) in [6.07, 6.45) is 15.4. The monoisotopic (exact) mass is 316 g/mol. The predicted octanol–water partition coefficient (Wildman–Crippen LogP) is 5.73. The molecule has 4 saturated carbocycles. The number of fused-ring (bicyclic) bond motifs is 5. The van der Waals surface area contributed by atoms with Crippen molar-refractivity contribution in [1.82, 2.24) is 0 Å². The molecule has 7 atom stereocenters. The van der Waals surface area contributed by atoms with E-state index < -0.39 is 0 Å². The molecule has 4 aliphatic rings. The molecule has 4 aliphatic carbocycles. The Balaban J connectivity index is 1.55. The minimum absolute atomic E-state index is 0.331. The average Bonchev–Trinajstić information content (AvgIpc) is 2.90. The molecule has 130 valence electrons. The zero-order chi connectivity index (χ0) is 16.2. The number of aliphatic hydroxyl groups is 1. The minimum Gasteiger partial charge on any atom is -0.390 e. The molecule has 23 heavy (non-hydrogen) atoms. The van der Waals surface area contributed by atoms with E-state index in [2.05, 4.69) is 26.8 Å². The maximum Gasteiger partial charge on any atom is 0.0648 e. The van der Waals surface area contributed by atoms with Crippen LogP contribution in [-0.2, 0) is 0 Å². The van der Waals surface area contributed by atoms with Crippen LogP contribution in [0.3, 0.4) is 0 Å². The summed E-state index contributed by atoms with van der Waals surface area (Å²) >= 11 is 0. The molecule has 0 heterocycles. The standard InChI is InChI=1S/C22H36O/c1-4-16-7-9-20-19-8-6-15-14-22(23,5-2)13-11-17(15)18(19)10-12-21(16,20)3/h4,15,17-20,23H,5-14H2,1-3H3/t15-,17+,18-,19-,20+,21-,22?/m1/s1. The first-order valence-electron chi connectivity index (χ1n) is 10.4. The van der Waals surface area contributed by atoms with Crippen molar-refractivity contribution in [2.45, 2.75) is 90.6 Å². The van der Waals surface area contributed by atoms with E-state index >= 15 is 0 Å². The van der Waals surface area contributed by atoms with Gasteiger partial charge >= 0.3 is 0 Å². The Bertz CT molecular complexity index is 494. The first-order valence-corrected chi connectivity index (χ1v) is 10.4. The van der Waals surface area contributed by atoms with Crippen LogP contribution in [0, 0.1) is 35.0 Å². The van der Waals surface area contributed by atoms with Gasteiger partial charge in [0.15, 0.2) is 0 Å². The van der Waals surface area contributed by atoms with Crippen molar-refractivity contribution in [3.05, 3.63) is 11.6 Å². The van der Waals surface area contributed by atoms with Crippen molar-refractivity contribution >= 4 is 0 Å². The van der Waals surface area contributed by atoms with Gasteiger partial charge < -0.3 is 5.11 Å². The molecule has 0 saturated heterocycles. The lowest BCUT2D eigenvalue weighted by atomic mass is 9.49. The van der Waals surface area contributed by atoms with Gasteiger partial charge in [0.25, 0.3) is 0 Å². The molecule has 0 spiro atoms. The Kier molecular flexibility index (Phi) is 3.95. The zero-order valence-corrected chi connectivity index (χ0v) is 15.5. The van der Waals surface area contributed by atoms with Crippen LogP contribution in [-0.4, -0.2) is 10.7 Å². The number of allylic oxidation sites excluding steroid dienone is 2. The summed E-state index contributed by atoms with van der Waals surface area (Å²) in [7, 11) is 0. The fourth-order valence-corrected chi connectivity index (χ4v) is 7.61. The molecule has 0 radical (unpaired) electrons. The van der Waals surface area contributed by atoms with Crippen LogP contribution in [0.4, 0.5) is 0 Å². The van der Waals surface area contributed by atoms with Crippen LogP contribution in [0.5, 0.6) is 0 Å². The van der Waals surface area contributed by atoms with Crippen molar-refractivity contribution in [3.63, 3.8) is 0 Å². The Morgan fingerprint density at radius 3 is 2.57 bits per heavy atom. The van der Waals surface area contributed by atoms with E-state index in [4.69, 9.17) is 0 Å². The van der Waals surface area contributed by atoms with Gasteiger partial charge in [0.1, 0.15) is 0 Å². The molecule has 0 aromatic carbocycles. The van der Waals surface area contributed by atoms with E-state index in [1.54, 1.807) is 5.57 Å². The molecule has 0 amide bonds. The Morgan fingerprint density at radius 2 is 1.83 bits per heavy atom. The summed E-state index contributed by atoms with van der Waals surface area (Å²) < 4.78 is 0. The quantitative estimate of drug-likeness (QED) is 0.613. The lowest BCUT2D eigenvalue weighted by molar-refractivity contribution is -0.0980. The fourth-order valence-electron chi connectivity index (χ4n) is 7.61. The van der Waals surface area contributed by atoms with Crippen molar-refractivity contribution in [3.8, 4) is 0 Å². The smallest absolute Gasteiger partial charge is 0.0648 e. The SMILES string of the molecule is CC=C1CC[C@H]2[C@@H]3CC[C@@H]4CC(O)(CC)CC[C@@H]4[C@H]3CC[C@]12C. The normalized spacial score (nSPS) is 54.4. The molecule has 0 aromatic rings. The first kappa shape index (κ1) is 16.2. The predicted molar refractivity (Wildman–Crippen MR) is 96.1 cm³/mol. The van der Waals surface area contributed by atoms with E-state index in [0.29, 0.717) is 5.41 Å². The first-order chi connectivity index (χ1) is 11.0. The summed E-state index contributed by atoms with van der Waals surface area (Å²) in [5.74, 6) is 4.67. The van der Waals surface area contributed by atoms with E-state index in [-0.39, 0.29) is 5.60 Å². The van der Waals surface area contributed by atoms with Crippen molar-refractivity contribution < 1.29 is 5.11 Å². The largest absolute Gasteiger partial charge is 0.390 e. The van der Waals surface area contributed by atoms with Crippen LogP contribution in [0.25, 0.3) is 0 Å². The van der Waals surface area contributed by atoms with Gasteiger partial charge in [-0.25, -0.2) is 0 Å². The van der Waals surface area contributed by atoms with Crippen molar-refractivity contribution in [2.24, 2.45) is 35.0 Å². The maximum atomic E-state index is 10.8. The second kappa shape index (κ2) is 5.61. The van der Waals surface area contributed by atoms with Crippen LogP contribution >= 0.6 is 0 Å². The molecule has 1 unspecified atom stereocenters. The molecule has 0 bridgehead atoms. The Labute approximate surface area is 142 Å². The van der Waals surface area contributed by atoms with Gasteiger partial charge in [-0.1, -0.05) is 25.5 Å². The highest BCUT2D eigenvalue weighted by atomic mass is 16.3. The molecule has 1 heteroatoms. The maximum absolute atomic E-state index is 10.8. The molecule has 4 fully saturated rings. The second-order valence-electron chi connectivity index (χ2n) is 9.56.